The van der Waals surface area contributed by atoms with E-state index in [-0.39, 0.29) is 19.2 Å². The number of carbonyl (C=O) groups excluding carboxylic acids is 2. The monoisotopic (exact) mass is 443 g/mol. The normalized spacial score (nSPS) is 12.4. The molecular formula is C25H21N3O5. The maximum atomic E-state index is 12.8. The zero-order chi connectivity index (χ0) is 23.2. The summed E-state index contributed by atoms with van der Waals surface area (Å²) in [5.41, 5.74) is 2.07. The van der Waals surface area contributed by atoms with E-state index in [1.54, 1.807) is 61.5 Å². The minimum Gasteiger partial charge on any atom is -0.481 e. The first-order chi connectivity index (χ1) is 16.0. The van der Waals surface area contributed by atoms with Gasteiger partial charge in [-0.25, -0.2) is 0 Å². The number of anilines is 1. The first-order valence-electron chi connectivity index (χ1n) is 10.3. The molecule has 2 amide bonds. The third-order valence-corrected chi connectivity index (χ3v) is 4.99. The van der Waals surface area contributed by atoms with E-state index in [9.17, 15) is 9.59 Å². The van der Waals surface area contributed by atoms with Crippen LogP contribution < -0.4 is 24.8 Å². The van der Waals surface area contributed by atoms with Crippen molar-refractivity contribution in [2.75, 3.05) is 12.1 Å². The van der Waals surface area contributed by atoms with Gasteiger partial charge in [0.15, 0.2) is 17.6 Å². The van der Waals surface area contributed by atoms with Gasteiger partial charge in [0.2, 0.25) is 6.79 Å². The number of hydrogen-bond acceptors (Lipinski definition) is 6. The molecule has 1 atom stereocenters. The number of nitriles is 1. The summed E-state index contributed by atoms with van der Waals surface area (Å²) >= 11 is 0. The highest BCUT2D eigenvalue weighted by Gasteiger charge is 2.19. The third kappa shape index (κ3) is 5.22. The van der Waals surface area contributed by atoms with Crippen LogP contribution in [0, 0.1) is 11.3 Å². The van der Waals surface area contributed by atoms with Crippen molar-refractivity contribution in [2.24, 2.45) is 0 Å². The van der Waals surface area contributed by atoms with E-state index in [1.165, 1.54) is 0 Å². The lowest BCUT2D eigenvalue weighted by molar-refractivity contribution is -0.122. The molecule has 3 aromatic rings. The van der Waals surface area contributed by atoms with E-state index in [4.69, 9.17) is 19.5 Å². The van der Waals surface area contributed by atoms with Gasteiger partial charge in [0.25, 0.3) is 11.8 Å². The maximum absolute atomic E-state index is 12.8. The van der Waals surface area contributed by atoms with Crippen LogP contribution in [0.4, 0.5) is 5.69 Å². The lowest BCUT2D eigenvalue weighted by Crippen LogP contribution is -2.31. The highest BCUT2D eigenvalue weighted by atomic mass is 16.7. The molecule has 0 saturated carbocycles. The van der Waals surface area contributed by atoms with Crippen LogP contribution in [0.5, 0.6) is 17.2 Å². The molecule has 0 saturated heterocycles. The Labute approximate surface area is 190 Å². The largest absolute Gasteiger partial charge is 0.481 e. The fraction of sp³-hybridized carbons (Fsp3) is 0.160. The Morgan fingerprint density at radius 2 is 1.82 bits per heavy atom. The van der Waals surface area contributed by atoms with Crippen LogP contribution in [0.15, 0.2) is 66.7 Å². The Bertz CT molecular complexity index is 1220. The number of carbonyl (C=O) groups is 2. The molecule has 1 heterocycles. The summed E-state index contributed by atoms with van der Waals surface area (Å²) in [7, 11) is 0. The minimum atomic E-state index is -0.817. The third-order valence-electron chi connectivity index (χ3n) is 4.99. The van der Waals surface area contributed by atoms with Gasteiger partial charge < -0.3 is 24.8 Å². The van der Waals surface area contributed by atoms with Crippen molar-refractivity contribution in [3.8, 4) is 23.3 Å². The standard InChI is InChI=1S/C25H21N3O5/c1-16(33-19-9-6-17(13-26)7-10-19)24(29)28-21-5-3-2-4-20(21)25(30)27-14-18-8-11-22-23(12-18)32-15-31-22/h2-12,16H,14-15H2,1H3,(H,27,30)(H,28,29). The number of nitrogens with zero attached hydrogens (tertiary/aromatic N) is 1. The van der Waals surface area contributed by atoms with Crippen LogP contribution >= 0.6 is 0 Å². The van der Waals surface area contributed by atoms with E-state index in [2.05, 4.69) is 10.6 Å². The predicted octanol–water partition coefficient (Wildman–Crippen LogP) is 3.62. The fourth-order valence-corrected chi connectivity index (χ4v) is 3.22. The highest BCUT2D eigenvalue weighted by molar-refractivity contribution is 6.04. The molecule has 1 aliphatic heterocycles. The Balaban J connectivity index is 1.38. The molecule has 4 rings (SSSR count). The molecular weight excluding hydrogens is 422 g/mol. The molecule has 0 radical (unpaired) electrons. The van der Waals surface area contributed by atoms with Gasteiger partial charge in [0, 0.05) is 6.54 Å². The van der Waals surface area contributed by atoms with Gasteiger partial charge in [-0.3, -0.25) is 9.59 Å². The molecule has 166 valence electrons. The van der Waals surface area contributed by atoms with Crippen molar-refractivity contribution in [1.82, 2.24) is 5.32 Å². The number of hydrogen-bond donors (Lipinski definition) is 2. The highest BCUT2D eigenvalue weighted by Crippen LogP contribution is 2.32. The Hall–Kier alpha value is -4.51. The maximum Gasteiger partial charge on any atom is 0.265 e. The molecule has 2 N–H and O–H groups in total. The smallest absolute Gasteiger partial charge is 0.265 e. The quantitative estimate of drug-likeness (QED) is 0.577. The Kier molecular flexibility index (Phi) is 6.41. The van der Waals surface area contributed by atoms with Crippen molar-refractivity contribution in [3.63, 3.8) is 0 Å². The van der Waals surface area contributed by atoms with Crippen LogP contribution in [-0.2, 0) is 11.3 Å². The number of fused-ring (bicyclic) bond motifs is 1. The summed E-state index contributed by atoms with van der Waals surface area (Å²) < 4.78 is 16.3. The molecule has 0 fully saturated rings. The zero-order valence-corrected chi connectivity index (χ0v) is 17.8. The van der Waals surface area contributed by atoms with Gasteiger partial charge in [0.1, 0.15) is 5.75 Å². The number of benzene rings is 3. The van der Waals surface area contributed by atoms with Crippen molar-refractivity contribution < 1.29 is 23.8 Å². The molecule has 8 nitrogen and oxygen atoms in total. The van der Waals surface area contributed by atoms with Gasteiger partial charge in [0.05, 0.1) is 22.9 Å². The van der Waals surface area contributed by atoms with E-state index in [0.717, 1.165) is 5.56 Å². The van der Waals surface area contributed by atoms with Crippen molar-refractivity contribution >= 4 is 17.5 Å². The molecule has 8 heteroatoms. The van der Waals surface area contributed by atoms with Crippen molar-refractivity contribution in [3.05, 3.63) is 83.4 Å². The summed E-state index contributed by atoms with van der Waals surface area (Å²) in [6, 6.07) is 20.7. The predicted molar refractivity (Wildman–Crippen MR) is 120 cm³/mol. The molecule has 1 aliphatic rings. The van der Waals surface area contributed by atoms with Crippen molar-refractivity contribution in [1.29, 1.82) is 5.26 Å². The number of rotatable bonds is 7. The van der Waals surface area contributed by atoms with Crippen LogP contribution in [0.3, 0.4) is 0 Å². The second-order valence-electron chi connectivity index (χ2n) is 7.30. The van der Waals surface area contributed by atoms with E-state index < -0.39 is 12.0 Å². The van der Waals surface area contributed by atoms with Gasteiger partial charge in [-0.15, -0.1) is 0 Å². The second-order valence-corrected chi connectivity index (χ2v) is 7.30. The molecule has 33 heavy (non-hydrogen) atoms. The van der Waals surface area contributed by atoms with Gasteiger partial charge in [-0.05, 0) is 61.0 Å². The van der Waals surface area contributed by atoms with Crippen molar-refractivity contribution in [2.45, 2.75) is 19.6 Å². The Morgan fingerprint density at radius 3 is 2.61 bits per heavy atom. The molecule has 0 aromatic heterocycles. The zero-order valence-electron chi connectivity index (χ0n) is 17.8. The molecule has 0 aliphatic carbocycles. The second kappa shape index (κ2) is 9.75. The summed E-state index contributed by atoms with van der Waals surface area (Å²) in [4.78, 5) is 25.5. The van der Waals surface area contributed by atoms with Gasteiger partial charge in [-0.1, -0.05) is 18.2 Å². The van der Waals surface area contributed by atoms with E-state index >= 15 is 0 Å². The fourth-order valence-electron chi connectivity index (χ4n) is 3.22. The average Bonchev–Trinajstić information content (AvgIpc) is 3.31. The summed E-state index contributed by atoms with van der Waals surface area (Å²) in [5, 5.41) is 14.5. The van der Waals surface area contributed by atoms with Crippen LogP contribution in [0.25, 0.3) is 0 Å². The number of nitrogens with one attached hydrogen (secondary N) is 2. The summed E-state index contributed by atoms with van der Waals surface area (Å²) in [5.74, 6) is 1.05. The summed E-state index contributed by atoms with van der Waals surface area (Å²) in [6.45, 7) is 2.08. The topological polar surface area (TPSA) is 110 Å². The minimum absolute atomic E-state index is 0.186. The average molecular weight is 443 g/mol. The number of amides is 2. The number of para-hydroxylation sites is 1. The first-order valence-corrected chi connectivity index (χ1v) is 10.3. The molecule has 1 unspecified atom stereocenters. The Morgan fingerprint density at radius 1 is 1.06 bits per heavy atom. The van der Waals surface area contributed by atoms with Crippen LogP contribution in [0.1, 0.15) is 28.4 Å². The molecule has 3 aromatic carbocycles. The summed E-state index contributed by atoms with van der Waals surface area (Å²) in [6.07, 6.45) is -0.817. The molecule has 0 spiro atoms. The van der Waals surface area contributed by atoms with Gasteiger partial charge in [-0.2, -0.15) is 5.26 Å². The van der Waals surface area contributed by atoms with E-state index in [1.807, 2.05) is 18.2 Å². The lowest BCUT2D eigenvalue weighted by atomic mass is 10.1. The van der Waals surface area contributed by atoms with Crippen LogP contribution in [0.2, 0.25) is 0 Å². The van der Waals surface area contributed by atoms with E-state index in [0.29, 0.717) is 34.1 Å². The SMILES string of the molecule is CC(Oc1ccc(C#N)cc1)C(=O)Nc1ccccc1C(=O)NCc1ccc2c(c1)OCO2. The van der Waals surface area contributed by atoms with Gasteiger partial charge >= 0.3 is 0 Å². The number of ether oxygens (including phenoxy) is 3. The molecule has 0 bridgehead atoms. The van der Waals surface area contributed by atoms with Crippen LogP contribution in [-0.4, -0.2) is 24.7 Å². The lowest BCUT2D eigenvalue weighted by Gasteiger charge is -2.16. The first kappa shape index (κ1) is 21.7.